The molecule has 2 atom stereocenters. The number of carbonyl (C=O) groups excluding carboxylic acids is 1. The number of carbonyl (C=O) groups is 2. The van der Waals surface area contributed by atoms with Crippen molar-refractivity contribution in [1.82, 2.24) is 4.90 Å². The number of hydrogen-bond donors (Lipinski definition) is 1. The normalized spacial score (nSPS) is 30.7. The van der Waals surface area contributed by atoms with Crippen LogP contribution in [0.25, 0.3) is 0 Å². The molecule has 0 aliphatic carbocycles. The number of nitrogens with zero attached hydrogens (tertiary/aromatic N) is 1. The number of likely N-dealkylation sites (tertiary alicyclic amines) is 1. The lowest BCUT2D eigenvalue weighted by Gasteiger charge is -2.33. The van der Waals surface area contributed by atoms with Gasteiger partial charge in [-0.2, -0.15) is 0 Å². The molecule has 0 aromatic carbocycles. The molecule has 2 fully saturated rings. The molecule has 18 heavy (non-hydrogen) atoms. The van der Waals surface area contributed by atoms with E-state index in [1.54, 1.807) is 0 Å². The Hall–Kier alpha value is -1.56. The van der Waals surface area contributed by atoms with Crippen molar-refractivity contribution < 1.29 is 24.2 Å². The average Bonchev–Trinajstić information content (AvgIpc) is 2.76. The molecule has 0 aromatic rings. The zero-order valence-corrected chi connectivity index (χ0v) is 10.1. The Balaban J connectivity index is 2.09. The van der Waals surface area contributed by atoms with Gasteiger partial charge >= 0.3 is 12.1 Å². The van der Waals surface area contributed by atoms with E-state index in [-0.39, 0.29) is 19.1 Å². The van der Waals surface area contributed by atoms with E-state index in [9.17, 15) is 14.7 Å². The predicted octanol–water partition coefficient (Wildman–Crippen LogP) is 0.732. The second-order valence-corrected chi connectivity index (χ2v) is 4.73. The molecule has 2 aliphatic heterocycles. The number of carboxylic acid groups (broad SMARTS) is 1. The van der Waals surface area contributed by atoms with E-state index in [1.165, 1.54) is 11.0 Å². The van der Waals surface area contributed by atoms with Crippen LogP contribution in [0.1, 0.15) is 6.42 Å². The molecule has 2 rings (SSSR count). The van der Waals surface area contributed by atoms with Crippen LogP contribution in [-0.2, 0) is 14.3 Å². The first kappa shape index (κ1) is 12.9. The Kier molecular flexibility index (Phi) is 3.56. The Morgan fingerprint density at radius 3 is 3.00 bits per heavy atom. The van der Waals surface area contributed by atoms with Crippen molar-refractivity contribution in [2.24, 2.45) is 11.3 Å². The highest BCUT2D eigenvalue weighted by molar-refractivity contribution is 5.78. The van der Waals surface area contributed by atoms with Crippen molar-refractivity contribution in [2.75, 3.05) is 32.9 Å². The van der Waals surface area contributed by atoms with E-state index in [2.05, 4.69) is 6.58 Å². The highest BCUT2D eigenvalue weighted by Gasteiger charge is 2.55. The summed E-state index contributed by atoms with van der Waals surface area (Å²) in [4.78, 5) is 24.7. The quantitative estimate of drug-likeness (QED) is 0.752. The zero-order chi connectivity index (χ0) is 13.2. The second kappa shape index (κ2) is 4.97. The lowest BCUT2D eigenvalue weighted by Crippen LogP contribution is -2.45. The molecule has 0 saturated carbocycles. The van der Waals surface area contributed by atoms with Gasteiger partial charge in [-0.25, -0.2) is 4.79 Å². The molecule has 2 heterocycles. The van der Waals surface area contributed by atoms with Gasteiger partial charge in [-0.3, -0.25) is 4.79 Å². The first-order chi connectivity index (χ1) is 8.60. The van der Waals surface area contributed by atoms with E-state index >= 15 is 0 Å². The highest BCUT2D eigenvalue weighted by Crippen LogP contribution is 2.42. The summed E-state index contributed by atoms with van der Waals surface area (Å²) in [6, 6.07) is 0. The minimum absolute atomic E-state index is 0.135. The number of aliphatic carboxylic acids is 1. The molecule has 0 radical (unpaired) electrons. The van der Waals surface area contributed by atoms with Gasteiger partial charge in [0, 0.05) is 25.6 Å². The lowest BCUT2D eigenvalue weighted by atomic mass is 9.74. The van der Waals surface area contributed by atoms with Crippen LogP contribution >= 0.6 is 0 Å². The summed E-state index contributed by atoms with van der Waals surface area (Å²) in [5, 5.41) is 9.42. The van der Waals surface area contributed by atoms with Crippen LogP contribution in [-0.4, -0.2) is 55.0 Å². The minimum atomic E-state index is -0.870. The molecule has 6 nitrogen and oxygen atoms in total. The first-order valence-corrected chi connectivity index (χ1v) is 5.94. The molecule has 1 amide bonds. The Labute approximate surface area is 105 Å². The summed E-state index contributed by atoms with van der Waals surface area (Å²) in [7, 11) is 0. The standard InChI is InChI=1S/C12H17NO5/c1-2-4-18-11(16)13-6-9-7-17-5-3-12(9,8-13)10(14)15/h2,9H,1,3-8H2,(H,14,15)/t9-,12+/m0/s1. The van der Waals surface area contributed by atoms with Crippen LogP contribution in [0.2, 0.25) is 0 Å². The Morgan fingerprint density at radius 2 is 2.39 bits per heavy atom. The second-order valence-electron chi connectivity index (χ2n) is 4.73. The number of carboxylic acids is 1. The summed E-state index contributed by atoms with van der Waals surface area (Å²) in [5.74, 6) is -1.00. The number of ether oxygens (including phenoxy) is 2. The molecule has 2 saturated heterocycles. The topological polar surface area (TPSA) is 76.1 Å². The van der Waals surface area contributed by atoms with Crippen molar-refractivity contribution in [2.45, 2.75) is 6.42 Å². The smallest absolute Gasteiger partial charge is 0.410 e. The van der Waals surface area contributed by atoms with Gasteiger partial charge in [0.2, 0.25) is 0 Å². The Bertz CT molecular complexity index is 369. The van der Waals surface area contributed by atoms with Crippen LogP contribution < -0.4 is 0 Å². The summed E-state index contributed by atoms with van der Waals surface area (Å²) in [6.07, 6.45) is 1.44. The van der Waals surface area contributed by atoms with E-state index < -0.39 is 17.5 Å². The van der Waals surface area contributed by atoms with Crippen LogP contribution in [0.15, 0.2) is 12.7 Å². The van der Waals surface area contributed by atoms with Crippen LogP contribution in [0.4, 0.5) is 4.79 Å². The monoisotopic (exact) mass is 255 g/mol. The molecule has 0 unspecified atom stereocenters. The Morgan fingerprint density at radius 1 is 1.61 bits per heavy atom. The molecular weight excluding hydrogens is 238 g/mol. The molecule has 2 aliphatic rings. The molecule has 0 aromatic heterocycles. The summed E-state index contributed by atoms with van der Waals surface area (Å²) in [5.41, 5.74) is -0.870. The van der Waals surface area contributed by atoms with Gasteiger partial charge in [0.1, 0.15) is 6.61 Å². The van der Waals surface area contributed by atoms with Gasteiger partial charge < -0.3 is 19.5 Å². The third-order valence-electron chi connectivity index (χ3n) is 3.72. The number of rotatable bonds is 3. The molecule has 6 heteroatoms. The largest absolute Gasteiger partial charge is 0.481 e. The summed E-state index contributed by atoms with van der Waals surface area (Å²) < 4.78 is 10.3. The fourth-order valence-electron chi connectivity index (χ4n) is 2.66. The zero-order valence-electron chi connectivity index (χ0n) is 10.1. The third-order valence-corrected chi connectivity index (χ3v) is 3.72. The predicted molar refractivity (Wildman–Crippen MR) is 62.1 cm³/mol. The first-order valence-electron chi connectivity index (χ1n) is 5.94. The minimum Gasteiger partial charge on any atom is -0.481 e. The van der Waals surface area contributed by atoms with Gasteiger partial charge in [-0.1, -0.05) is 12.7 Å². The van der Waals surface area contributed by atoms with Crippen molar-refractivity contribution >= 4 is 12.1 Å². The average molecular weight is 255 g/mol. The maximum absolute atomic E-state index is 11.7. The molecule has 0 bridgehead atoms. The summed E-state index contributed by atoms with van der Waals surface area (Å²) >= 11 is 0. The van der Waals surface area contributed by atoms with Crippen LogP contribution in [0, 0.1) is 11.3 Å². The molecule has 100 valence electrons. The van der Waals surface area contributed by atoms with Gasteiger partial charge in [0.15, 0.2) is 0 Å². The fourth-order valence-corrected chi connectivity index (χ4v) is 2.66. The van der Waals surface area contributed by atoms with E-state index in [0.717, 1.165) is 0 Å². The van der Waals surface area contributed by atoms with Crippen LogP contribution in [0.3, 0.4) is 0 Å². The maximum atomic E-state index is 11.7. The van der Waals surface area contributed by atoms with Gasteiger partial charge in [-0.05, 0) is 6.42 Å². The molecular formula is C12H17NO5. The van der Waals surface area contributed by atoms with Gasteiger partial charge in [0.25, 0.3) is 0 Å². The van der Waals surface area contributed by atoms with Crippen molar-refractivity contribution in [3.8, 4) is 0 Å². The SMILES string of the molecule is C=CCOC(=O)N1C[C@H]2COCC[C@@]2(C(=O)O)C1. The van der Waals surface area contributed by atoms with Crippen molar-refractivity contribution in [3.05, 3.63) is 12.7 Å². The summed E-state index contributed by atoms with van der Waals surface area (Å²) in [6.45, 7) is 4.99. The van der Waals surface area contributed by atoms with Crippen molar-refractivity contribution in [1.29, 1.82) is 0 Å². The number of fused-ring (bicyclic) bond motifs is 1. The fraction of sp³-hybridized carbons (Fsp3) is 0.667. The molecule has 1 N–H and O–H groups in total. The molecule has 0 spiro atoms. The van der Waals surface area contributed by atoms with Gasteiger partial charge in [0.05, 0.1) is 12.0 Å². The van der Waals surface area contributed by atoms with Crippen molar-refractivity contribution in [3.63, 3.8) is 0 Å². The van der Waals surface area contributed by atoms with Crippen LogP contribution in [0.5, 0.6) is 0 Å². The van der Waals surface area contributed by atoms with E-state index in [1.807, 2.05) is 0 Å². The number of amides is 1. The van der Waals surface area contributed by atoms with E-state index in [4.69, 9.17) is 9.47 Å². The highest BCUT2D eigenvalue weighted by atomic mass is 16.6. The lowest BCUT2D eigenvalue weighted by molar-refractivity contribution is -0.157. The maximum Gasteiger partial charge on any atom is 0.410 e. The van der Waals surface area contributed by atoms with E-state index in [0.29, 0.717) is 26.2 Å². The third kappa shape index (κ3) is 2.08. The number of hydrogen-bond acceptors (Lipinski definition) is 4. The van der Waals surface area contributed by atoms with Gasteiger partial charge in [-0.15, -0.1) is 0 Å².